The van der Waals surface area contributed by atoms with Gasteiger partial charge in [0.25, 0.3) is 0 Å². The zero-order valence-corrected chi connectivity index (χ0v) is 7.40. The van der Waals surface area contributed by atoms with Gasteiger partial charge < -0.3 is 0 Å². The Morgan fingerprint density at radius 1 is 1.45 bits per heavy atom. The van der Waals surface area contributed by atoms with Crippen LogP contribution in [0.15, 0.2) is 0 Å². The van der Waals surface area contributed by atoms with E-state index in [4.69, 9.17) is 0 Å². The molecule has 0 bridgehead atoms. The highest BCUT2D eigenvalue weighted by atomic mass is 15.7. The molecule has 1 heterocycles. The number of hydrogen-bond acceptors (Lipinski definition) is 3. The van der Waals surface area contributed by atoms with Crippen molar-refractivity contribution in [3.8, 4) is 0 Å². The molecule has 0 spiro atoms. The third-order valence-corrected chi connectivity index (χ3v) is 1.94. The second kappa shape index (κ2) is 5.52. The van der Waals surface area contributed by atoms with Crippen LogP contribution >= 0.6 is 0 Å². The summed E-state index contributed by atoms with van der Waals surface area (Å²) < 4.78 is 0. The first-order valence-corrected chi connectivity index (χ1v) is 4.68. The number of rotatable bonds is 5. The van der Waals surface area contributed by atoms with Crippen LogP contribution in [0, 0.1) is 0 Å². The van der Waals surface area contributed by atoms with Gasteiger partial charge in [0.1, 0.15) is 0 Å². The molecular weight excluding hydrogens is 138 g/mol. The molecule has 0 amide bonds. The van der Waals surface area contributed by atoms with Crippen molar-refractivity contribution in [2.45, 2.75) is 32.6 Å². The summed E-state index contributed by atoms with van der Waals surface area (Å²) in [5.41, 5.74) is 6.59. The molecule has 0 radical (unpaired) electrons. The lowest BCUT2D eigenvalue weighted by molar-refractivity contribution is 0.164. The summed E-state index contributed by atoms with van der Waals surface area (Å²) in [7, 11) is 0. The minimum absolute atomic E-state index is 1.11. The van der Waals surface area contributed by atoms with Gasteiger partial charge in [0, 0.05) is 19.6 Å². The SMILES string of the molecule is CCCCCNN1CCCN1. The number of nitrogens with one attached hydrogen (secondary N) is 2. The van der Waals surface area contributed by atoms with E-state index in [0.29, 0.717) is 0 Å². The van der Waals surface area contributed by atoms with E-state index in [1.54, 1.807) is 0 Å². The summed E-state index contributed by atoms with van der Waals surface area (Å²) in [5, 5.41) is 2.11. The van der Waals surface area contributed by atoms with Crippen molar-refractivity contribution < 1.29 is 0 Å². The first-order valence-electron chi connectivity index (χ1n) is 4.68. The maximum Gasteiger partial charge on any atom is 0.0300 e. The van der Waals surface area contributed by atoms with Gasteiger partial charge in [0.15, 0.2) is 0 Å². The molecule has 0 saturated carbocycles. The van der Waals surface area contributed by atoms with Gasteiger partial charge >= 0.3 is 0 Å². The van der Waals surface area contributed by atoms with E-state index < -0.39 is 0 Å². The lowest BCUT2D eigenvalue weighted by Crippen LogP contribution is -2.43. The van der Waals surface area contributed by atoms with Crippen molar-refractivity contribution in [2.75, 3.05) is 19.6 Å². The van der Waals surface area contributed by atoms with Gasteiger partial charge in [-0.05, 0) is 12.8 Å². The van der Waals surface area contributed by atoms with Crippen LogP contribution in [-0.2, 0) is 0 Å². The summed E-state index contributed by atoms with van der Waals surface area (Å²) in [4.78, 5) is 0. The largest absolute Gasteiger partial charge is 0.242 e. The zero-order valence-electron chi connectivity index (χ0n) is 7.40. The van der Waals surface area contributed by atoms with Crippen molar-refractivity contribution in [3.63, 3.8) is 0 Å². The third kappa shape index (κ3) is 3.70. The molecular formula is C8H19N3. The van der Waals surface area contributed by atoms with Crippen LogP contribution < -0.4 is 10.9 Å². The topological polar surface area (TPSA) is 27.3 Å². The monoisotopic (exact) mass is 157 g/mol. The third-order valence-electron chi connectivity index (χ3n) is 1.94. The Kier molecular flexibility index (Phi) is 4.50. The second-order valence-electron chi connectivity index (χ2n) is 3.03. The highest BCUT2D eigenvalue weighted by Crippen LogP contribution is 1.94. The van der Waals surface area contributed by atoms with Crippen LogP contribution in [0.3, 0.4) is 0 Å². The van der Waals surface area contributed by atoms with Gasteiger partial charge in [-0.15, -0.1) is 0 Å². The highest BCUT2D eigenvalue weighted by molar-refractivity contribution is 4.57. The Morgan fingerprint density at radius 3 is 3.00 bits per heavy atom. The Morgan fingerprint density at radius 2 is 2.36 bits per heavy atom. The molecule has 0 aromatic heterocycles. The summed E-state index contributed by atoms with van der Waals surface area (Å²) in [6, 6.07) is 0. The lowest BCUT2D eigenvalue weighted by atomic mass is 10.2. The van der Waals surface area contributed by atoms with E-state index in [1.807, 2.05) is 0 Å². The van der Waals surface area contributed by atoms with Gasteiger partial charge in [-0.25, -0.2) is 10.9 Å². The quantitative estimate of drug-likeness (QED) is 0.580. The maximum atomic E-state index is 3.34. The maximum absolute atomic E-state index is 3.34. The predicted octanol–water partition coefficient (Wildman–Crippen LogP) is 0.891. The fourth-order valence-electron chi connectivity index (χ4n) is 1.25. The van der Waals surface area contributed by atoms with Gasteiger partial charge in [0.05, 0.1) is 0 Å². The number of unbranched alkanes of at least 4 members (excludes halogenated alkanes) is 2. The Bertz CT molecular complexity index is 89.3. The fraction of sp³-hybridized carbons (Fsp3) is 1.00. The molecule has 1 rings (SSSR count). The molecule has 11 heavy (non-hydrogen) atoms. The van der Waals surface area contributed by atoms with Crippen LogP contribution in [0.4, 0.5) is 0 Å². The standard InChI is InChI=1S/C8H19N3/c1-2-3-4-6-9-11-8-5-7-10-11/h9-10H,2-8H2,1H3. The molecule has 0 aliphatic carbocycles. The number of hydrazine groups is 2. The molecule has 0 atom stereocenters. The molecule has 3 heteroatoms. The van der Waals surface area contributed by atoms with E-state index >= 15 is 0 Å². The molecule has 0 aromatic rings. The predicted molar refractivity (Wildman–Crippen MR) is 46.9 cm³/mol. The van der Waals surface area contributed by atoms with Crippen LogP contribution in [0.1, 0.15) is 32.6 Å². The Hall–Kier alpha value is -0.120. The van der Waals surface area contributed by atoms with E-state index in [9.17, 15) is 0 Å². The molecule has 3 nitrogen and oxygen atoms in total. The molecule has 1 fully saturated rings. The lowest BCUT2D eigenvalue weighted by Gasteiger charge is -2.15. The van der Waals surface area contributed by atoms with Crippen molar-refractivity contribution >= 4 is 0 Å². The van der Waals surface area contributed by atoms with Crippen LogP contribution in [0.5, 0.6) is 0 Å². The molecule has 2 N–H and O–H groups in total. The number of hydrogen-bond donors (Lipinski definition) is 2. The van der Waals surface area contributed by atoms with E-state index in [-0.39, 0.29) is 0 Å². The first kappa shape index (κ1) is 8.97. The van der Waals surface area contributed by atoms with Gasteiger partial charge in [-0.1, -0.05) is 19.8 Å². The Balaban J connectivity index is 1.86. The minimum atomic E-state index is 1.11. The first-order chi connectivity index (χ1) is 5.43. The van der Waals surface area contributed by atoms with Crippen LogP contribution in [0.25, 0.3) is 0 Å². The molecule has 0 aromatic carbocycles. The summed E-state index contributed by atoms with van der Waals surface area (Å²) in [5.74, 6) is 0. The second-order valence-corrected chi connectivity index (χ2v) is 3.03. The summed E-state index contributed by atoms with van der Waals surface area (Å²) in [6.45, 7) is 5.61. The van der Waals surface area contributed by atoms with Gasteiger partial charge in [-0.2, -0.15) is 5.12 Å². The molecule has 0 unspecified atom stereocenters. The number of nitrogens with zero attached hydrogens (tertiary/aromatic N) is 1. The van der Waals surface area contributed by atoms with E-state index in [2.05, 4.69) is 22.9 Å². The van der Waals surface area contributed by atoms with Crippen LogP contribution in [-0.4, -0.2) is 24.8 Å². The zero-order chi connectivity index (χ0) is 7.94. The van der Waals surface area contributed by atoms with E-state index in [1.165, 1.54) is 25.7 Å². The summed E-state index contributed by atoms with van der Waals surface area (Å²) >= 11 is 0. The van der Waals surface area contributed by atoms with Crippen molar-refractivity contribution in [1.29, 1.82) is 0 Å². The van der Waals surface area contributed by atoms with Gasteiger partial charge in [-0.3, -0.25) is 0 Å². The molecule has 1 aliphatic heterocycles. The smallest absolute Gasteiger partial charge is 0.0300 e. The van der Waals surface area contributed by atoms with Crippen molar-refractivity contribution in [3.05, 3.63) is 0 Å². The molecule has 1 aliphatic rings. The van der Waals surface area contributed by atoms with Crippen molar-refractivity contribution in [1.82, 2.24) is 16.0 Å². The van der Waals surface area contributed by atoms with E-state index in [0.717, 1.165) is 19.6 Å². The Labute approximate surface area is 69.1 Å². The summed E-state index contributed by atoms with van der Waals surface area (Å²) in [6.07, 6.45) is 5.19. The average Bonchev–Trinajstić information content (AvgIpc) is 2.50. The van der Waals surface area contributed by atoms with Crippen LogP contribution in [0.2, 0.25) is 0 Å². The van der Waals surface area contributed by atoms with Gasteiger partial charge in [0.2, 0.25) is 0 Å². The molecule has 1 saturated heterocycles. The normalized spacial score (nSPS) is 19.4. The fourth-order valence-corrected chi connectivity index (χ4v) is 1.25. The van der Waals surface area contributed by atoms with Crippen molar-refractivity contribution in [2.24, 2.45) is 0 Å². The highest BCUT2D eigenvalue weighted by Gasteiger charge is 2.08. The molecule has 66 valence electrons. The average molecular weight is 157 g/mol. The minimum Gasteiger partial charge on any atom is -0.242 e.